The molecule has 0 atom stereocenters. The summed E-state index contributed by atoms with van der Waals surface area (Å²) >= 11 is 1.25. The first-order valence-corrected chi connectivity index (χ1v) is 8.20. The monoisotopic (exact) mass is 382 g/mol. The van der Waals surface area contributed by atoms with E-state index in [1.165, 1.54) is 36.8 Å². The number of aromatic nitrogens is 3. The third-order valence-corrected chi connectivity index (χ3v) is 4.27. The number of nitrogens with one attached hydrogen (secondary N) is 1. The van der Waals surface area contributed by atoms with E-state index in [4.69, 9.17) is 4.74 Å². The van der Waals surface area contributed by atoms with Gasteiger partial charge in [0.25, 0.3) is 5.91 Å². The van der Waals surface area contributed by atoms with Gasteiger partial charge in [-0.05, 0) is 25.1 Å². The Bertz CT molecular complexity index is 949. The first-order valence-electron chi connectivity index (χ1n) is 7.32. The first-order chi connectivity index (χ1) is 12.3. The van der Waals surface area contributed by atoms with Gasteiger partial charge in [0.05, 0.1) is 30.3 Å². The van der Waals surface area contributed by atoms with Crippen molar-refractivity contribution >= 4 is 22.4 Å². The van der Waals surface area contributed by atoms with E-state index >= 15 is 0 Å². The highest BCUT2D eigenvalue weighted by atomic mass is 32.1. The van der Waals surface area contributed by atoms with E-state index in [-0.39, 0.29) is 17.1 Å². The molecular weight excluding hydrogens is 369 g/mol. The molecule has 6 nitrogen and oxygen atoms in total. The number of hydrogen-bond acceptors (Lipinski definition) is 5. The third-order valence-electron chi connectivity index (χ3n) is 3.39. The molecule has 0 fully saturated rings. The van der Waals surface area contributed by atoms with Crippen molar-refractivity contribution in [3.8, 4) is 11.4 Å². The van der Waals surface area contributed by atoms with Gasteiger partial charge in [0.15, 0.2) is 16.6 Å². The standard InChI is InChI=1S/C16H13F3N4O2S/c1-9-8-26-15(20-9)21-14(24)13-12(25-2)7-23(22-13)11-5-3-4-10(6-11)16(17,18)19/h3-8H,1-2H3,(H,20,21,24). The lowest BCUT2D eigenvalue weighted by atomic mass is 10.2. The van der Waals surface area contributed by atoms with Gasteiger partial charge in [0.1, 0.15) is 0 Å². The molecule has 26 heavy (non-hydrogen) atoms. The lowest BCUT2D eigenvalue weighted by Gasteiger charge is -2.08. The molecule has 10 heteroatoms. The fourth-order valence-electron chi connectivity index (χ4n) is 2.19. The number of nitrogens with zero attached hydrogens (tertiary/aromatic N) is 3. The van der Waals surface area contributed by atoms with Crippen molar-refractivity contribution in [3.05, 3.63) is 52.8 Å². The summed E-state index contributed by atoms with van der Waals surface area (Å²) in [7, 11) is 1.35. The zero-order valence-corrected chi connectivity index (χ0v) is 14.5. The number of thiazole rings is 1. The number of carbonyl (C=O) groups is 1. The molecule has 3 rings (SSSR count). The molecule has 0 radical (unpaired) electrons. The van der Waals surface area contributed by atoms with Crippen LogP contribution in [-0.2, 0) is 6.18 Å². The van der Waals surface area contributed by atoms with Crippen LogP contribution in [0.2, 0.25) is 0 Å². The average Bonchev–Trinajstić information content (AvgIpc) is 3.20. The first kappa shape index (κ1) is 17.9. The summed E-state index contributed by atoms with van der Waals surface area (Å²) in [5.41, 5.74) is 0.0421. The Hall–Kier alpha value is -2.88. The number of hydrogen-bond donors (Lipinski definition) is 1. The van der Waals surface area contributed by atoms with E-state index in [9.17, 15) is 18.0 Å². The molecule has 1 N–H and O–H groups in total. The molecule has 2 aromatic heterocycles. The Morgan fingerprint density at radius 2 is 2.12 bits per heavy atom. The molecule has 0 bridgehead atoms. The van der Waals surface area contributed by atoms with Crippen LogP contribution < -0.4 is 10.1 Å². The van der Waals surface area contributed by atoms with Crippen molar-refractivity contribution in [3.63, 3.8) is 0 Å². The smallest absolute Gasteiger partial charge is 0.416 e. The van der Waals surface area contributed by atoms with E-state index < -0.39 is 17.6 Å². The predicted octanol–water partition coefficient (Wildman–Crippen LogP) is 3.92. The highest BCUT2D eigenvalue weighted by molar-refractivity contribution is 7.13. The van der Waals surface area contributed by atoms with Crippen LogP contribution in [0.25, 0.3) is 5.69 Å². The molecule has 0 saturated carbocycles. The molecular formula is C16H13F3N4O2S. The van der Waals surface area contributed by atoms with Crippen molar-refractivity contribution in [2.24, 2.45) is 0 Å². The Morgan fingerprint density at radius 3 is 2.73 bits per heavy atom. The largest absolute Gasteiger partial charge is 0.493 e. The second kappa shape index (κ2) is 6.79. The number of aryl methyl sites for hydroxylation is 1. The van der Waals surface area contributed by atoms with Gasteiger partial charge in [0.2, 0.25) is 0 Å². The number of rotatable bonds is 4. The molecule has 1 aromatic carbocycles. The van der Waals surface area contributed by atoms with E-state index in [1.54, 1.807) is 12.3 Å². The number of amides is 1. The van der Waals surface area contributed by atoms with Crippen LogP contribution >= 0.6 is 11.3 Å². The number of halogens is 3. The van der Waals surface area contributed by atoms with Crippen molar-refractivity contribution in [2.45, 2.75) is 13.1 Å². The van der Waals surface area contributed by atoms with Crippen molar-refractivity contribution < 1.29 is 22.7 Å². The fourth-order valence-corrected chi connectivity index (χ4v) is 2.87. The maximum absolute atomic E-state index is 12.9. The number of anilines is 1. The van der Waals surface area contributed by atoms with Crippen LogP contribution in [-0.4, -0.2) is 27.8 Å². The van der Waals surface area contributed by atoms with Gasteiger partial charge in [-0.1, -0.05) is 6.07 Å². The van der Waals surface area contributed by atoms with Gasteiger partial charge < -0.3 is 4.74 Å². The normalized spacial score (nSPS) is 11.4. The van der Waals surface area contributed by atoms with Gasteiger partial charge in [0, 0.05) is 5.38 Å². The second-order valence-corrected chi connectivity index (χ2v) is 6.15. The molecule has 2 heterocycles. The minimum Gasteiger partial charge on any atom is -0.493 e. The Labute approximate surface area is 150 Å². The quantitative estimate of drug-likeness (QED) is 0.743. The topological polar surface area (TPSA) is 69.0 Å². The highest BCUT2D eigenvalue weighted by Gasteiger charge is 2.30. The third kappa shape index (κ3) is 3.69. The molecule has 0 spiro atoms. The van der Waals surface area contributed by atoms with Crippen LogP contribution in [0.3, 0.4) is 0 Å². The lowest BCUT2D eigenvalue weighted by molar-refractivity contribution is -0.137. The number of alkyl halides is 3. The minimum absolute atomic E-state index is 0.0576. The fraction of sp³-hybridized carbons (Fsp3) is 0.188. The summed E-state index contributed by atoms with van der Waals surface area (Å²) < 4.78 is 44.9. The van der Waals surface area contributed by atoms with E-state index in [1.807, 2.05) is 0 Å². The van der Waals surface area contributed by atoms with Gasteiger partial charge >= 0.3 is 6.18 Å². The predicted molar refractivity (Wildman–Crippen MR) is 89.9 cm³/mol. The SMILES string of the molecule is COc1cn(-c2cccc(C(F)(F)F)c2)nc1C(=O)Nc1nc(C)cs1. The van der Waals surface area contributed by atoms with Crippen molar-refractivity contribution in [1.82, 2.24) is 14.8 Å². The average molecular weight is 382 g/mol. The number of methoxy groups -OCH3 is 1. The molecule has 0 aliphatic carbocycles. The van der Waals surface area contributed by atoms with Gasteiger partial charge in [-0.25, -0.2) is 9.67 Å². The van der Waals surface area contributed by atoms with E-state index in [0.29, 0.717) is 5.13 Å². The van der Waals surface area contributed by atoms with Crippen molar-refractivity contribution in [2.75, 3.05) is 12.4 Å². The zero-order valence-electron chi connectivity index (χ0n) is 13.7. The number of ether oxygens (including phenoxy) is 1. The molecule has 136 valence electrons. The summed E-state index contributed by atoms with van der Waals surface area (Å²) in [5, 5.41) is 8.82. The summed E-state index contributed by atoms with van der Waals surface area (Å²) in [4.78, 5) is 16.5. The van der Waals surface area contributed by atoms with Crippen LogP contribution in [0.5, 0.6) is 5.75 Å². The van der Waals surface area contributed by atoms with Crippen LogP contribution in [0, 0.1) is 6.92 Å². The molecule has 0 aliphatic heterocycles. The highest BCUT2D eigenvalue weighted by Crippen LogP contribution is 2.31. The zero-order chi connectivity index (χ0) is 18.9. The minimum atomic E-state index is -4.48. The van der Waals surface area contributed by atoms with E-state index in [2.05, 4.69) is 15.4 Å². The van der Waals surface area contributed by atoms with Gasteiger partial charge in [-0.3, -0.25) is 10.1 Å². The van der Waals surface area contributed by atoms with Crippen LogP contribution in [0.15, 0.2) is 35.8 Å². The van der Waals surface area contributed by atoms with Gasteiger partial charge in [-0.2, -0.15) is 18.3 Å². The summed E-state index contributed by atoms with van der Waals surface area (Å²) in [5.74, 6) is -0.435. The van der Waals surface area contributed by atoms with Crippen LogP contribution in [0.4, 0.5) is 18.3 Å². The molecule has 0 saturated heterocycles. The Morgan fingerprint density at radius 1 is 1.35 bits per heavy atom. The number of carbonyl (C=O) groups excluding carboxylic acids is 1. The molecule has 1 amide bonds. The molecule has 0 aliphatic rings. The van der Waals surface area contributed by atoms with E-state index in [0.717, 1.165) is 22.5 Å². The Balaban J connectivity index is 1.93. The van der Waals surface area contributed by atoms with Crippen molar-refractivity contribution in [1.29, 1.82) is 0 Å². The maximum atomic E-state index is 12.9. The Kier molecular flexibility index (Phi) is 4.68. The maximum Gasteiger partial charge on any atom is 0.416 e. The second-order valence-electron chi connectivity index (χ2n) is 5.29. The van der Waals surface area contributed by atoms with Crippen LogP contribution in [0.1, 0.15) is 21.7 Å². The lowest BCUT2D eigenvalue weighted by Crippen LogP contribution is -2.14. The van der Waals surface area contributed by atoms with Gasteiger partial charge in [-0.15, -0.1) is 11.3 Å². The summed E-state index contributed by atoms with van der Waals surface area (Å²) in [6.45, 7) is 1.79. The summed E-state index contributed by atoms with van der Waals surface area (Å²) in [6.07, 6.45) is -3.13. The summed E-state index contributed by atoms with van der Waals surface area (Å²) in [6, 6.07) is 4.62. The molecule has 0 unspecified atom stereocenters. The number of benzene rings is 1. The molecule has 3 aromatic rings.